The average Bonchev–Trinajstić information content (AvgIpc) is 0.921. The van der Waals surface area contributed by atoms with E-state index in [0.29, 0.717) is 31.6 Å². The highest BCUT2D eigenvalue weighted by molar-refractivity contribution is 7.47. The Kier molecular flexibility index (Phi) is 72.5. The molecule has 3 N–H and O–H groups in total. The van der Waals surface area contributed by atoms with Crippen LogP contribution in [-0.2, 0) is 65.4 Å². The van der Waals surface area contributed by atoms with Crippen molar-refractivity contribution in [2.45, 2.75) is 459 Å². The SMILES string of the molecule is CCC(C)CCCCCCCCCCCCCCCCCCCCC(=O)O[C@H](COC(=O)CCCCCCCCC(C)C)COP(=O)(O)OC[C@H](O)COP(=O)(O)OC[C@@H](COC(=O)CCCCCCCCCCCCCCCCC(C)CC)OC(=O)CCCCCCCCCCCCCCC(C)C. The van der Waals surface area contributed by atoms with Gasteiger partial charge in [0.05, 0.1) is 26.4 Å². The van der Waals surface area contributed by atoms with Crippen LogP contribution < -0.4 is 0 Å². The fourth-order valence-corrected chi connectivity index (χ4v) is 14.7. The van der Waals surface area contributed by atoms with Gasteiger partial charge in [0.2, 0.25) is 0 Å². The summed E-state index contributed by atoms with van der Waals surface area (Å²) in [6.45, 7) is 14.3. The summed E-state index contributed by atoms with van der Waals surface area (Å²) in [6.07, 6.45) is 62.6. The Morgan fingerprint density at radius 1 is 0.269 bits per heavy atom. The van der Waals surface area contributed by atoms with E-state index >= 15 is 0 Å². The summed E-state index contributed by atoms with van der Waals surface area (Å²) in [5.41, 5.74) is 0. The average molecular weight is 1520 g/mol. The molecule has 0 aromatic carbocycles. The van der Waals surface area contributed by atoms with E-state index in [0.717, 1.165) is 114 Å². The van der Waals surface area contributed by atoms with Crippen molar-refractivity contribution >= 4 is 39.5 Å². The number of carbonyl (C=O) groups is 4. The molecule has 19 heteroatoms. The minimum Gasteiger partial charge on any atom is -0.462 e. The second-order valence-corrected chi connectivity index (χ2v) is 34.9. The van der Waals surface area contributed by atoms with Crippen LogP contribution in [0.25, 0.3) is 0 Å². The molecule has 0 heterocycles. The van der Waals surface area contributed by atoms with E-state index in [1.54, 1.807) is 0 Å². The van der Waals surface area contributed by atoms with Crippen molar-refractivity contribution in [2.75, 3.05) is 39.6 Å². The van der Waals surface area contributed by atoms with E-state index in [4.69, 9.17) is 37.0 Å². The van der Waals surface area contributed by atoms with Gasteiger partial charge in [0.1, 0.15) is 19.3 Å². The van der Waals surface area contributed by atoms with E-state index in [1.165, 1.54) is 238 Å². The maximum atomic E-state index is 13.1. The summed E-state index contributed by atoms with van der Waals surface area (Å²) < 4.78 is 68.8. The van der Waals surface area contributed by atoms with Crippen LogP contribution in [0.3, 0.4) is 0 Å². The number of hydrogen-bond acceptors (Lipinski definition) is 15. The van der Waals surface area contributed by atoms with Crippen molar-refractivity contribution in [3.05, 3.63) is 0 Å². The normalized spacial score (nSPS) is 14.5. The number of hydrogen-bond donors (Lipinski definition) is 3. The first-order valence-electron chi connectivity index (χ1n) is 43.8. The minimum atomic E-state index is -4.96. The van der Waals surface area contributed by atoms with Gasteiger partial charge in [-0.25, -0.2) is 9.13 Å². The number of ether oxygens (including phenoxy) is 4. The summed E-state index contributed by atoms with van der Waals surface area (Å²) in [5.74, 6) is 1.07. The van der Waals surface area contributed by atoms with E-state index < -0.39 is 97.5 Å². The van der Waals surface area contributed by atoms with Gasteiger partial charge in [-0.1, -0.05) is 389 Å². The van der Waals surface area contributed by atoms with Crippen LogP contribution in [-0.4, -0.2) is 96.7 Å². The van der Waals surface area contributed by atoms with Gasteiger partial charge in [0.25, 0.3) is 0 Å². The number of unbranched alkanes of at least 4 members (excludes halogenated alkanes) is 46. The van der Waals surface area contributed by atoms with E-state index in [9.17, 15) is 43.2 Å². The monoisotopic (exact) mass is 1520 g/mol. The highest BCUT2D eigenvalue weighted by atomic mass is 31.2. The molecule has 0 fully saturated rings. The summed E-state index contributed by atoms with van der Waals surface area (Å²) in [5, 5.41) is 10.7. The highest BCUT2D eigenvalue weighted by Gasteiger charge is 2.30. The van der Waals surface area contributed by atoms with Gasteiger partial charge >= 0.3 is 39.5 Å². The van der Waals surface area contributed by atoms with Gasteiger partial charge in [-0.05, 0) is 49.4 Å². The molecule has 0 saturated heterocycles. The van der Waals surface area contributed by atoms with Crippen molar-refractivity contribution in [3.63, 3.8) is 0 Å². The largest absolute Gasteiger partial charge is 0.472 e. The first-order chi connectivity index (χ1) is 50.2. The lowest BCUT2D eigenvalue weighted by Gasteiger charge is -2.21. The molecule has 0 radical (unpaired) electrons. The van der Waals surface area contributed by atoms with Gasteiger partial charge in [0, 0.05) is 25.7 Å². The molecule has 618 valence electrons. The maximum absolute atomic E-state index is 13.1. The summed E-state index contributed by atoms with van der Waals surface area (Å²) in [6, 6.07) is 0. The van der Waals surface area contributed by atoms with Crippen molar-refractivity contribution in [3.8, 4) is 0 Å². The molecule has 0 aliphatic rings. The standard InChI is InChI=1S/C85H166O17P2/c1-9-77(7)63-55-47-38-32-26-19-15-13-11-12-14-16-22-29-35-41-51-59-67-85(90)102-81(72-96-83(88)66-58-50-44-43-46-54-62-76(5)6)74-100-104(93,94)98-70-79(86)69-97-103(91,92)99-73-80(101-84(89)68-60-52-42-36-30-24-23-25-31-37-45-53-61-75(3)4)71-95-82(87)65-57-49-40-34-28-21-18-17-20-27-33-39-48-56-64-78(8)10-2/h75-81,86H,9-74H2,1-8H3,(H,91,92)(H,93,94)/t77?,78?,79-,80-,81-/m1/s1. The Morgan fingerprint density at radius 2 is 0.462 bits per heavy atom. The molecule has 0 aromatic rings. The third kappa shape index (κ3) is 75.5. The molecular formula is C85H166O17P2. The minimum absolute atomic E-state index is 0.107. The summed E-state index contributed by atoms with van der Waals surface area (Å²) in [4.78, 5) is 73.1. The highest BCUT2D eigenvalue weighted by Crippen LogP contribution is 2.45. The Labute approximate surface area is 638 Å². The number of aliphatic hydroxyl groups is 1. The van der Waals surface area contributed by atoms with Crippen molar-refractivity contribution < 1.29 is 80.2 Å². The number of phosphoric acid groups is 2. The lowest BCUT2D eigenvalue weighted by molar-refractivity contribution is -0.161. The van der Waals surface area contributed by atoms with Gasteiger partial charge in [-0.2, -0.15) is 0 Å². The van der Waals surface area contributed by atoms with Gasteiger partial charge < -0.3 is 33.8 Å². The molecular weight excluding hydrogens is 1350 g/mol. The summed E-state index contributed by atoms with van der Waals surface area (Å²) in [7, 11) is -9.93. The molecule has 0 bridgehead atoms. The smallest absolute Gasteiger partial charge is 0.462 e. The Hall–Kier alpha value is -1.94. The maximum Gasteiger partial charge on any atom is 0.472 e. The predicted octanol–water partition coefficient (Wildman–Crippen LogP) is 25.6. The van der Waals surface area contributed by atoms with Crippen LogP contribution in [0.15, 0.2) is 0 Å². The number of esters is 4. The summed E-state index contributed by atoms with van der Waals surface area (Å²) >= 11 is 0. The first-order valence-corrected chi connectivity index (χ1v) is 46.8. The van der Waals surface area contributed by atoms with Gasteiger partial charge in [-0.3, -0.25) is 37.3 Å². The van der Waals surface area contributed by atoms with E-state index in [1.807, 2.05) is 0 Å². The Balaban J connectivity index is 5.18. The quantitative estimate of drug-likeness (QED) is 0.0222. The third-order valence-electron chi connectivity index (χ3n) is 20.5. The zero-order valence-corrected chi connectivity index (χ0v) is 70.5. The van der Waals surface area contributed by atoms with Crippen molar-refractivity contribution in [1.29, 1.82) is 0 Å². The van der Waals surface area contributed by atoms with Crippen LogP contribution in [0.4, 0.5) is 0 Å². The molecule has 0 aromatic heterocycles. The van der Waals surface area contributed by atoms with E-state index in [-0.39, 0.29) is 25.7 Å². The topological polar surface area (TPSA) is 237 Å². The molecule has 0 aliphatic carbocycles. The molecule has 17 nitrogen and oxygen atoms in total. The zero-order valence-electron chi connectivity index (χ0n) is 68.7. The zero-order chi connectivity index (χ0) is 76.7. The molecule has 0 amide bonds. The molecule has 0 aliphatic heterocycles. The third-order valence-corrected chi connectivity index (χ3v) is 22.4. The number of aliphatic hydroxyl groups excluding tert-OH is 1. The van der Waals surface area contributed by atoms with Gasteiger partial charge in [0.15, 0.2) is 12.2 Å². The second kappa shape index (κ2) is 73.8. The van der Waals surface area contributed by atoms with Gasteiger partial charge in [-0.15, -0.1) is 0 Å². The molecule has 7 atom stereocenters. The van der Waals surface area contributed by atoms with Crippen LogP contribution in [0.1, 0.15) is 441 Å². The Bertz CT molecular complexity index is 2030. The number of rotatable bonds is 82. The fourth-order valence-electron chi connectivity index (χ4n) is 13.1. The number of phosphoric ester groups is 2. The lowest BCUT2D eigenvalue weighted by atomic mass is 9.99. The molecule has 104 heavy (non-hydrogen) atoms. The molecule has 0 saturated carbocycles. The van der Waals surface area contributed by atoms with Crippen molar-refractivity contribution in [2.24, 2.45) is 23.7 Å². The molecule has 0 spiro atoms. The van der Waals surface area contributed by atoms with Crippen LogP contribution in [0, 0.1) is 23.7 Å². The molecule has 4 unspecified atom stereocenters. The fraction of sp³-hybridized carbons (Fsp3) is 0.953. The predicted molar refractivity (Wildman–Crippen MR) is 428 cm³/mol. The Morgan fingerprint density at radius 3 is 0.683 bits per heavy atom. The first kappa shape index (κ1) is 102. The van der Waals surface area contributed by atoms with Crippen LogP contribution >= 0.6 is 15.6 Å². The van der Waals surface area contributed by atoms with Crippen LogP contribution in [0.2, 0.25) is 0 Å². The van der Waals surface area contributed by atoms with E-state index in [2.05, 4.69) is 55.4 Å². The number of carbonyl (C=O) groups excluding carboxylic acids is 4. The van der Waals surface area contributed by atoms with Crippen molar-refractivity contribution in [1.82, 2.24) is 0 Å². The lowest BCUT2D eigenvalue weighted by Crippen LogP contribution is -2.30. The second-order valence-electron chi connectivity index (χ2n) is 32.0. The van der Waals surface area contributed by atoms with Crippen LogP contribution in [0.5, 0.6) is 0 Å². The molecule has 0 rings (SSSR count).